The van der Waals surface area contributed by atoms with Gasteiger partial charge in [0.15, 0.2) is 0 Å². The van der Waals surface area contributed by atoms with Gasteiger partial charge in [-0.25, -0.2) is 0 Å². The number of benzene rings is 2. The van der Waals surface area contributed by atoms with Crippen LogP contribution in [0.4, 0.5) is 0 Å². The van der Waals surface area contributed by atoms with E-state index in [1.54, 1.807) is 30.3 Å². The smallest absolute Gasteiger partial charge is 0.251 e. The molecule has 0 radical (unpaired) electrons. The van der Waals surface area contributed by atoms with Crippen LogP contribution in [0.1, 0.15) is 61.0 Å². The molecule has 1 saturated carbocycles. The van der Waals surface area contributed by atoms with Crippen molar-refractivity contribution in [3.8, 4) is 11.8 Å². The molecule has 1 aliphatic carbocycles. The number of ether oxygens (including phenoxy) is 1. The molecule has 1 aliphatic rings. The zero-order valence-corrected chi connectivity index (χ0v) is 18.1. The van der Waals surface area contributed by atoms with E-state index in [1.165, 1.54) is 0 Å². The second-order valence-electron chi connectivity index (χ2n) is 8.33. The average molecular weight is 420 g/mol. The third-order valence-electron chi connectivity index (χ3n) is 5.37. The van der Waals surface area contributed by atoms with Gasteiger partial charge in [0.2, 0.25) is 5.91 Å². The Balaban J connectivity index is 1.57. The Morgan fingerprint density at radius 3 is 2.74 bits per heavy atom. The second-order valence-corrected chi connectivity index (χ2v) is 8.33. The summed E-state index contributed by atoms with van der Waals surface area (Å²) in [5, 5.41) is 15.1. The number of carbonyl (C=O) groups is 2. The molecule has 2 amide bonds. The maximum Gasteiger partial charge on any atom is 0.251 e. The fourth-order valence-corrected chi connectivity index (χ4v) is 3.85. The normalized spacial score (nSPS) is 18.1. The van der Waals surface area contributed by atoms with Crippen molar-refractivity contribution in [2.45, 2.75) is 58.2 Å². The van der Waals surface area contributed by atoms with Gasteiger partial charge < -0.3 is 15.4 Å². The Bertz CT molecular complexity index is 964. The lowest BCUT2D eigenvalue weighted by molar-refractivity contribution is -0.126. The first-order chi connectivity index (χ1) is 14.9. The first-order valence-electron chi connectivity index (χ1n) is 10.8. The van der Waals surface area contributed by atoms with Gasteiger partial charge in [-0.05, 0) is 69.0 Å². The minimum absolute atomic E-state index is 0.00205. The molecule has 1 fully saturated rings. The highest BCUT2D eigenvalue weighted by Crippen LogP contribution is 2.25. The first kappa shape index (κ1) is 22.4. The van der Waals surface area contributed by atoms with E-state index in [0.29, 0.717) is 29.9 Å². The van der Waals surface area contributed by atoms with Crippen molar-refractivity contribution in [1.82, 2.24) is 10.6 Å². The molecule has 2 unspecified atom stereocenters. The number of rotatable bonds is 7. The van der Waals surface area contributed by atoms with Gasteiger partial charge in [0.05, 0.1) is 11.6 Å². The maximum absolute atomic E-state index is 12.8. The van der Waals surface area contributed by atoms with Gasteiger partial charge in [0.25, 0.3) is 5.91 Å². The van der Waals surface area contributed by atoms with Crippen molar-refractivity contribution in [1.29, 1.82) is 5.26 Å². The molecule has 0 aliphatic heterocycles. The van der Waals surface area contributed by atoms with Crippen LogP contribution >= 0.6 is 0 Å². The molecule has 2 aromatic carbocycles. The van der Waals surface area contributed by atoms with Crippen LogP contribution in [0.2, 0.25) is 0 Å². The summed E-state index contributed by atoms with van der Waals surface area (Å²) in [5.74, 6) is 0.504. The monoisotopic (exact) mass is 419 g/mol. The molecular weight excluding hydrogens is 390 g/mol. The zero-order chi connectivity index (χ0) is 22.2. The van der Waals surface area contributed by atoms with E-state index < -0.39 is 0 Å². The lowest BCUT2D eigenvalue weighted by Gasteiger charge is -2.29. The van der Waals surface area contributed by atoms with E-state index >= 15 is 0 Å². The number of amides is 2. The molecule has 162 valence electrons. The highest BCUT2D eigenvalue weighted by Gasteiger charge is 2.28. The quantitative estimate of drug-likeness (QED) is 0.711. The van der Waals surface area contributed by atoms with Gasteiger partial charge >= 0.3 is 0 Å². The molecule has 0 saturated heterocycles. The summed E-state index contributed by atoms with van der Waals surface area (Å²) in [6.45, 7) is 4.21. The Hall–Kier alpha value is -3.33. The third kappa shape index (κ3) is 6.58. The molecule has 6 nitrogen and oxygen atoms in total. The van der Waals surface area contributed by atoms with E-state index in [1.807, 2.05) is 32.0 Å². The van der Waals surface area contributed by atoms with Gasteiger partial charge in [-0.15, -0.1) is 0 Å². The van der Waals surface area contributed by atoms with Crippen molar-refractivity contribution in [2.24, 2.45) is 5.92 Å². The van der Waals surface area contributed by atoms with E-state index in [2.05, 4.69) is 16.7 Å². The number of nitrogens with zero attached hydrogens (tertiary/aromatic N) is 1. The number of carbonyl (C=O) groups excluding carboxylic acids is 2. The largest absolute Gasteiger partial charge is 0.489 e. The number of nitriles is 1. The molecule has 2 atom stereocenters. The van der Waals surface area contributed by atoms with Crippen molar-refractivity contribution >= 4 is 11.8 Å². The molecule has 2 N–H and O–H groups in total. The Labute approximate surface area is 183 Å². The highest BCUT2D eigenvalue weighted by atomic mass is 16.5. The van der Waals surface area contributed by atoms with Gasteiger partial charge in [0.1, 0.15) is 12.4 Å². The van der Waals surface area contributed by atoms with Gasteiger partial charge in [-0.3, -0.25) is 9.59 Å². The van der Waals surface area contributed by atoms with Gasteiger partial charge in [-0.2, -0.15) is 5.26 Å². The van der Waals surface area contributed by atoms with E-state index in [4.69, 9.17) is 10.00 Å². The van der Waals surface area contributed by atoms with Crippen LogP contribution < -0.4 is 15.4 Å². The Morgan fingerprint density at radius 2 is 1.97 bits per heavy atom. The molecular formula is C25H29N3O3. The highest BCUT2D eigenvalue weighted by molar-refractivity contribution is 5.94. The number of nitrogens with one attached hydrogen (secondary N) is 2. The summed E-state index contributed by atoms with van der Waals surface area (Å²) in [4.78, 5) is 25.1. The summed E-state index contributed by atoms with van der Waals surface area (Å²) in [6.07, 6.45) is 3.35. The molecule has 3 rings (SSSR count). The summed E-state index contributed by atoms with van der Waals surface area (Å²) in [6, 6.07) is 16.5. The molecule has 2 aromatic rings. The minimum Gasteiger partial charge on any atom is -0.489 e. The molecule has 0 spiro atoms. The van der Waals surface area contributed by atoms with Crippen LogP contribution in [-0.2, 0) is 11.4 Å². The van der Waals surface area contributed by atoms with E-state index in [-0.39, 0.29) is 29.8 Å². The Kier molecular flexibility index (Phi) is 7.66. The summed E-state index contributed by atoms with van der Waals surface area (Å²) in [5.41, 5.74) is 1.98. The fraction of sp³-hybridized carbons (Fsp3) is 0.400. The topological polar surface area (TPSA) is 91.2 Å². The standard InChI is InChI=1S/C25H29N3O3/c1-17(2)27-24(29)21-9-5-10-22(14-21)28-25(30)20-8-3-7-19(12-20)16-31-23-11-4-6-18(13-23)15-26/h3-4,6-8,11-13,17,21-22H,5,9-10,14,16H2,1-2H3,(H,27,29)(H,28,30). The van der Waals surface area contributed by atoms with Crippen LogP contribution in [0.3, 0.4) is 0 Å². The van der Waals surface area contributed by atoms with Crippen LogP contribution in [0, 0.1) is 17.2 Å². The van der Waals surface area contributed by atoms with Crippen molar-refractivity contribution in [2.75, 3.05) is 0 Å². The summed E-state index contributed by atoms with van der Waals surface area (Å²) >= 11 is 0. The van der Waals surface area contributed by atoms with E-state index in [9.17, 15) is 9.59 Å². The molecule has 0 heterocycles. The number of hydrogen-bond acceptors (Lipinski definition) is 4. The van der Waals surface area contributed by atoms with Gasteiger partial charge in [-0.1, -0.05) is 24.6 Å². The molecule has 0 bridgehead atoms. The lowest BCUT2D eigenvalue weighted by atomic mass is 9.85. The predicted octanol–water partition coefficient (Wildman–Crippen LogP) is 3.95. The summed E-state index contributed by atoms with van der Waals surface area (Å²) < 4.78 is 5.76. The zero-order valence-electron chi connectivity index (χ0n) is 18.1. The van der Waals surface area contributed by atoms with Crippen LogP contribution in [0.15, 0.2) is 48.5 Å². The molecule has 0 aromatic heterocycles. The van der Waals surface area contributed by atoms with Crippen LogP contribution in [0.25, 0.3) is 0 Å². The van der Waals surface area contributed by atoms with Crippen molar-refractivity contribution in [3.63, 3.8) is 0 Å². The van der Waals surface area contributed by atoms with E-state index in [0.717, 1.165) is 24.8 Å². The molecule has 6 heteroatoms. The van der Waals surface area contributed by atoms with Crippen LogP contribution in [0.5, 0.6) is 5.75 Å². The Morgan fingerprint density at radius 1 is 1.16 bits per heavy atom. The second kappa shape index (κ2) is 10.6. The third-order valence-corrected chi connectivity index (χ3v) is 5.37. The minimum atomic E-state index is -0.136. The van der Waals surface area contributed by atoms with Gasteiger partial charge in [0, 0.05) is 23.6 Å². The SMILES string of the molecule is CC(C)NC(=O)C1CCCC(NC(=O)c2cccc(COc3cccc(C#N)c3)c2)C1. The maximum atomic E-state index is 12.8. The van der Waals surface area contributed by atoms with Crippen LogP contribution in [-0.4, -0.2) is 23.9 Å². The first-order valence-corrected chi connectivity index (χ1v) is 10.8. The van der Waals surface area contributed by atoms with Crippen molar-refractivity contribution in [3.05, 3.63) is 65.2 Å². The van der Waals surface area contributed by atoms with Crippen molar-refractivity contribution < 1.29 is 14.3 Å². The molecule has 31 heavy (non-hydrogen) atoms. The lowest BCUT2D eigenvalue weighted by Crippen LogP contribution is -2.43. The summed E-state index contributed by atoms with van der Waals surface area (Å²) in [7, 11) is 0. The average Bonchev–Trinajstić information content (AvgIpc) is 2.78. The number of hydrogen-bond donors (Lipinski definition) is 2. The predicted molar refractivity (Wildman–Crippen MR) is 118 cm³/mol. The fourth-order valence-electron chi connectivity index (χ4n) is 3.85.